The van der Waals surface area contributed by atoms with Gasteiger partial charge in [0.1, 0.15) is 5.76 Å². The molecule has 1 heterocycles. The lowest BCUT2D eigenvalue weighted by atomic mass is 10.2. The van der Waals surface area contributed by atoms with Crippen LogP contribution in [0.5, 0.6) is 0 Å². The van der Waals surface area contributed by atoms with E-state index in [1.165, 1.54) is 6.26 Å². The van der Waals surface area contributed by atoms with Crippen LogP contribution in [0.4, 0.5) is 0 Å². The van der Waals surface area contributed by atoms with Gasteiger partial charge in [-0.3, -0.25) is 0 Å². The molecule has 0 bridgehead atoms. The van der Waals surface area contributed by atoms with Gasteiger partial charge in [-0.05, 0) is 12.1 Å². The van der Waals surface area contributed by atoms with E-state index in [1.54, 1.807) is 12.1 Å². The van der Waals surface area contributed by atoms with Gasteiger partial charge in [0.25, 0.3) is 0 Å². The summed E-state index contributed by atoms with van der Waals surface area (Å²) < 4.78 is 4.90. The first-order valence-corrected chi connectivity index (χ1v) is 2.74. The molecule has 0 aliphatic carbocycles. The first-order chi connectivity index (χ1) is 4.34. The molecule has 0 aliphatic rings. The van der Waals surface area contributed by atoms with Crippen LogP contribution >= 0.6 is 12.4 Å². The minimum absolute atomic E-state index is 0. The lowest BCUT2D eigenvalue weighted by molar-refractivity contribution is 0.252. The molecule has 0 saturated heterocycles. The summed E-state index contributed by atoms with van der Waals surface area (Å²) in [7, 11) is 0. The summed E-state index contributed by atoms with van der Waals surface area (Å²) >= 11 is 0. The molecular weight excluding hydrogens is 154 g/mol. The molecule has 1 aromatic rings. The van der Waals surface area contributed by atoms with Crippen molar-refractivity contribution in [3.8, 4) is 0 Å². The molecule has 0 fully saturated rings. The van der Waals surface area contributed by atoms with Crippen molar-refractivity contribution in [1.29, 1.82) is 0 Å². The summed E-state index contributed by atoms with van der Waals surface area (Å²) in [5.41, 5.74) is 5.39. The highest BCUT2D eigenvalue weighted by atomic mass is 35.5. The van der Waals surface area contributed by atoms with Crippen molar-refractivity contribution in [1.82, 2.24) is 0 Å². The molecule has 3 N–H and O–H groups in total. The fourth-order valence-corrected chi connectivity index (χ4v) is 0.592. The zero-order valence-corrected chi connectivity index (χ0v) is 6.17. The minimum Gasteiger partial charge on any atom is -0.468 e. The lowest BCUT2D eigenvalue weighted by Crippen LogP contribution is -2.13. The topological polar surface area (TPSA) is 59.4 Å². The van der Waals surface area contributed by atoms with Crippen LogP contribution in [0.25, 0.3) is 0 Å². The van der Waals surface area contributed by atoms with Gasteiger partial charge in [0.05, 0.1) is 18.9 Å². The Balaban J connectivity index is 0.000000810. The van der Waals surface area contributed by atoms with Gasteiger partial charge in [0.2, 0.25) is 0 Å². The quantitative estimate of drug-likeness (QED) is 0.675. The van der Waals surface area contributed by atoms with Crippen LogP contribution in [-0.2, 0) is 0 Å². The van der Waals surface area contributed by atoms with Gasteiger partial charge in [-0.1, -0.05) is 0 Å². The highest BCUT2D eigenvalue weighted by Gasteiger charge is 2.04. The largest absolute Gasteiger partial charge is 0.468 e. The third kappa shape index (κ3) is 2.02. The SMILES string of the molecule is Cl.N[C@H](CO)c1ccco1. The van der Waals surface area contributed by atoms with Gasteiger partial charge in [-0.15, -0.1) is 12.4 Å². The molecule has 0 amide bonds. The minimum atomic E-state index is -0.375. The Hall–Kier alpha value is -0.510. The average molecular weight is 164 g/mol. The second-order valence-corrected chi connectivity index (χ2v) is 1.80. The molecule has 4 heteroatoms. The second kappa shape index (κ2) is 4.33. The van der Waals surface area contributed by atoms with E-state index in [-0.39, 0.29) is 25.1 Å². The number of rotatable bonds is 2. The monoisotopic (exact) mass is 163 g/mol. The molecule has 0 saturated carbocycles. The zero-order chi connectivity index (χ0) is 6.69. The third-order valence-electron chi connectivity index (χ3n) is 1.11. The van der Waals surface area contributed by atoms with E-state index in [1.807, 2.05) is 0 Å². The molecule has 1 atom stereocenters. The maximum atomic E-state index is 8.52. The van der Waals surface area contributed by atoms with Crippen molar-refractivity contribution in [3.05, 3.63) is 24.2 Å². The summed E-state index contributed by atoms with van der Waals surface area (Å²) in [4.78, 5) is 0. The number of hydrogen-bond acceptors (Lipinski definition) is 3. The molecule has 0 aromatic carbocycles. The first kappa shape index (κ1) is 9.49. The molecule has 0 aliphatic heterocycles. The fraction of sp³-hybridized carbons (Fsp3) is 0.333. The van der Waals surface area contributed by atoms with E-state index in [4.69, 9.17) is 15.3 Å². The van der Waals surface area contributed by atoms with Crippen molar-refractivity contribution in [2.24, 2.45) is 5.73 Å². The zero-order valence-electron chi connectivity index (χ0n) is 5.36. The molecule has 58 valence electrons. The summed E-state index contributed by atoms with van der Waals surface area (Å²) in [6.07, 6.45) is 1.53. The Morgan fingerprint density at radius 3 is 2.80 bits per heavy atom. The fourth-order valence-electron chi connectivity index (χ4n) is 0.592. The third-order valence-corrected chi connectivity index (χ3v) is 1.11. The summed E-state index contributed by atoms with van der Waals surface area (Å²) in [5, 5.41) is 8.52. The Morgan fingerprint density at radius 1 is 1.70 bits per heavy atom. The van der Waals surface area contributed by atoms with Gasteiger partial charge in [-0.2, -0.15) is 0 Å². The predicted molar refractivity (Wildman–Crippen MR) is 40.0 cm³/mol. The standard InChI is InChI=1S/C6H9NO2.ClH/c7-5(4-8)6-2-1-3-9-6;/h1-3,5,8H,4,7H2;1H/t5-;/m1./s1. The van der Waals surface area contributed by atoms with E-state index >= 15 is 0 Å². The van der Waals surface area contributed by atoms with Gasteiger partial charge in [0.15, 0.2) is 0 Å². The number of furan rings is 1. The van der Waals surface area contributed by atoms with Crippen LogP contribution in [0.15, 0.2) is 22.8 Å². The molecule has 1 aromatic heterocycles. The van der Waals surface area contributed by atoms with Crippen molar-refractivity contribution in [3.63, 3.8) is 0 Å². The molecular formula is C6H10ClNO2. The molecule has 0 spiro atoms. The maximum Gasteiger partial charge on any atom is 0.122 e. The number of halogens is 1. The highest BCUT2D eigenvalue weighted by Crippen LogP contribution is 2.08. The van der Waals surface area contributed by atoms with Crippen molar-refractivity contribution in [2.45, 2.75) is 6.04 Å². The number of hydrogen-bond donors (Lipinski definition) is 2. The van der Waals surface area contributed by atoms with Crippen LogP contribution < -0.4 is 5.73 Å². The summed E-state index contributed by atoms with van der Waals surface area (Å²) in [6.45, 7) is -0.0759. The lowest BCUT2D eigenvalue weighted by Gasteiger charge is -2.00. The van der Waals surface area contributed by atoms with Crippen molar-refractivity contribution >= 4 is 12.4 Å². The summed E-state index contributed by atoms with van der Waals surface area (Å²) in [5.74, 6) is 0.623. The van der Waals surface area contributed by atoms with Gasteiger partial charge < -0.3 is 15.3 Å². The smallest absolute Gasteiger partial charge is 0.122 e. The second-order valence-electron chi connectivity index (χ2n) is 1.80. The van der Waals surface area contributed by atoms with Gasteiger partial charge in [0, 0.05) is 0 Å². The highest BCUT2D eigenvalue weighted by molar-refractivity contribution is 5.85. The van der Waals surface area contributed by atoms with E-state index in [2.05, 4.69) is 0 Å². The van der Waals surface area contributed by atoms with Crippen LogP contribution in [0.2, 0.25) is 0 Å². The van der Waals surface area contributed by atoms with Crippen LogP contribution in [-0.4, -0.2) is 11.7 Å². The van der Waals surface area contributed by atoms with Crippen molar-refractivity contribution < 1.29 is 9.52 Å². The Labute approximate surface area is 65.2 Å². The van der Waals surface area contributed by atoms with Crippen LogP contribution in [0.1, 0.15) is 11.8 Å². The Kier molecular flexibility index (Phi) is 4.11. The first-order valence-electron chi connectivity index (χ1n) is 2.74. The molecule has 0 unspecified atom stereocenters. The molecule has 1 rings (SSSR count). The number of aliphatic hydroxyl groups is 1. The maximum absolute atomic E-state index is 8.52. The molecule has 10 heavy (non-hydrogen) atoms. The van der Waals surface area contributed by atoms with Crippen LogP contribution in [0, 0.1) is 0 Å². The van der Waals surface area contributed by atoms with Crippen LogP contribution in [0.3, 0.4) is 0 Å². The Morgan fingerprint density at radius 2 is 2.40 bits per heavy atom. The van der Waals surface area contributed by atoms with Gasteiger partial charge >= 0.3 is 0 Å². The van der Waals surface area contributed by atoms with Crippen molar-refractivity contribution in [2.75, 3.05) is 6.61 Å². The van der Waals surface area contributed by atoms with Gasteiger partial charge in [-0.25, -0.2) is 0 Å². The normalized spacial score (nSPS) is 12.2. The average Bonchev–Trinajstić information content (AvgIpc) is 2.37. The van der Waals surface area contributed by atoms with E-state index in [9.17, 15) is 0 Å². The molecule has 3 nitrogen and oxygen atoms in total. The predicted octanol–water partition coefficient (Wildman–Crippen LogP) is 0.694. The van der Waals surface area contributed by atoms with E-state index in [0.29, 0.717) is 5.76 Å². The van der Waals surface area contributed by atoms with E-state index < -0.39 is 0 Å². The number of nitrogens with two attached hydrogens (primary N) is 1. The summed E-state index contributed by atoms with van der Waals surface area (Å²) in [6, 6.07) is 3.10. The Bertz CT molecular complexity index is 164. The molecule has 0 radical (unpaired) electrons. The number of aliphatic hydroxyl groups excluding tert-OH is 1. The van der Waals surface area contributed by atoms with E-state index in [0.717, 1.165) is 0 Å².